The number of carbonyl (C=O) groups is 1. The van der Waals surface area contributed by atoms with Crippen LogP contribution in [0.2, 0.25) is 0 Å². The van der Waals surface area contributed by atoms with Crippen LogP contribution in [0.4, 0.5) is 9.52 Å². The Morgan fingerprint density at radius 2 is 2.53 bits per heavy atom. The summed E-state index contributed by atoms with van der Waals surface area (Å²) in [6, 6.07) is 0. The molecule has 1 aromatic heterocycles. The fourth-order valence-electron chi connectivity index (χ4n) is 1.66. The highest BCUT2D eigenvalue weighted by atomic mass is 32.1. The summed E-state index contributed by atoms with van der Waals surface area (Å²) in [5.74, 6) is -0.119. The molecule has 0 aromatic carbocycles. The maximum Gasteiger partial charge on any atom is 0.223 e. The van der Waals surface area contributed by atoms with Gasteiger partial charge in [0.15, 0.2) is 12.0 Å². The van der Waals surface area contributed by atoms with Crippen LogP contribution in [0.5, 0.6) is 0 Å². The van der Waals surface area contributed by atoms with Crippen molar-refractivity contribution in [3.8, 4) is 0 Å². The minimum atomic E-state index is -0.717. The van der Waals surface area contributed by atoms with Crippen LogP contribution in [0.1, 0.15) is 11.8 Å². The van der Waals surface area contributed by atoms with E-state index >= 15 is 0 Å². The van der Waals surface area contributed by atoms with Gasteiger partial charge in [-0.05, 0) is 0 Å². The number of nitrogens with zero attached hydrogens (tertiary/aromatic N) is 2. The summed E-state index contributed by atoms with van der Waals surface area (Å²) in [6.07, 6.45) is 1.77. The molecule has 1 aromatic rings. The first kappa shape index (κ1) is 12.4. The zero-order valence-corrected chi connectivity index (χ0v) is 10.3. The lowest BCUT2D eigenvalue weighted by Crippen LogP contribution is -2.51. The Labute approximate surface area is 103 Å². The van der Waals surface area contributed by atoms with Crippen LogP contribution in [0, 0.1) is 0 Å². The third kappa shape index (κ3) is 3.45. The number of anilines is 1. The second kappa shape index (κ2) is 5.52. The molecule has 1 fully saturated rings. The van der Waals surface area contributed by atoms with E-state index in [0.717, 1.165) is 24.5 Å². The summed E-state index contributed by atoms with van der Waals surface area (Å²) in [5.41, 5.74) is 0. The molecule has 7 heteroatoms. The van der Waals surface area contributed by atoms with E-state index in [2.05, 4.69) is 15.2 Å². The summed E-state index contributed by atoms with van der Waals surface area (Å²) in [4.78, 5) is 18.1. The Balaban J connectivity index is 1.76. The van der Waals surface area contributed by atoms with Crippen molar-refractivity contribution in [2.45, 2.75) is 19.6 Å². The fraction of sp³-hybridized carbons (Fsp3) is 0.600. The Morgan fingerprint density at radius 3 is 3.18 bits per heavy atom. The molecule has 0 unspecified atom stereocenters. The SMILES string of the molecule is CC(=O)Nc1ncc(CN2CC(OCF)C2)s1. The molecule has 2 rings (SSSR count). The van der Waals surface area contributed by atoms with Gasteiger partial charge in [-0.2, -0.15) is 0 Å². The summed E-state index contributed by atoms with van der Waals surface area (Å²) >= 11 is 1.45. The molecule has 0 radical (unpaired) electrons. The first-order chi connectivity index (χ1) is 8.17. The van der Waals surface area contributed by atoms with Gasteiger partial charge in [0.25, 0.3) is 0 Å². The van der Waals surface area contributed by atoms with Crippen molar-refractivity contribution in [1.29, 1.82) is 0 Å². The number of hydrogen-bond donors (Lipinski definition) is 1. The Bertz CT molecular complexity index is 393. The van der Waals surface area contributed by atoms with Gasteiger partial charge < -0.3 is 10.1 Å². The number of hydrogen-bond acceptors (Lipinski definition) is 5. The van der Waals surface area contributed by atoms with E-state index in [4.69, 9.17) is 4.74 Å². The smallest absolute Gasteiger partial charge is 0.223 e. The van der Waals surface area contributed by atoms with Crippen molar-refractivity contribution in [2.24, 2.45) is 0 Å². The predicted molar refractivity (Wildman–Crippen MR) is 62.5 cm³/mol. The molecule has 1 N–H and O–H groups in total. The van der Waals surface area contributed by atoms with E-state index in [0.29, 0.717) is 5.13 Å². The molecule has 5 nitrogen and oxygen atoms in total. The maximum absolute atomic E-state index is 11.9. The average molecular weight is 259 g/mol. The largest absolute Gasteiger partial charge is 0.345 e. The van der Waals surface area contributed by atoms with Crippen LogP contribution in [0.3, 0.4) is 0 Å². The Morgan fingerprint density at radius 1 is 1.76 bits per heavy atom. The standard InChI is InChI=1S/C10H14FN3O2S/c1-7(15)13-10-12-2-9(17-10)5-14-3-8(4-14)16-6-11/h2,8H,3-6H2,1H3,(H,12,13,15). The third-order valence-corrected chi connectivity index (χ3v) is 3.34. The molecule has 1 amide bonds. The van der Waals surface area contributed by atoms with E-state index in [1.165, 1.54) is 18.3 Å². The molecule has 0 aliphatic carbocycles. The molecule has 1 saturated heterocycles. The zero-order chi connectivity index (χ0) is 12.3. The number of ether oxygens (including phenoxy) is 1. The highest BCUT2D eigenvalue weighted by molar-refractivity contribution is 7.15. The number of amides is 1. The van der Waals surface area contributed by atoms with Crippen molar-refractivity contribution in [3.05, 3.63) is 11.1 Å². The monoisotopic (exact) mass is 259 g/mol. The Kier molecular flexibility index (Phi) is 4.03. The van der Waals surface area contributed by atoms with Gasteiger partial charge in [-0.25, -0.2) is 9.37 Å². The lowest BCUT2D eigenvalue weighted by Gasteiger charge is -2.37. The van der Waals surface area contributed by atoms with Gasteiger partial charge in [0.1, 0.15) is 0 Å². The highest BCUT2D eigenvalue weighted by Gasteiger charge is 2.27. The fourth-order valence-corrected chi connectivity index (χ4v) is 2.56. The van der Waals surface area contributed by atoms with E-state index < -0.39 is 6.86 Å². The van der Waals surface area contributed by atoms with Crippen LogP contribution in [0.25, 0.3) is 0 Å². The van der Waals surface area contributed by atoms with E-state index in [-0.39, 0.29) is 12.0 Å². The number of nitrogens with one attached hydrogen (secondary N) is 1. The van der Waals surface area contributed by atoms with Crippen LogP contribution in [-0.4, -0.2) is 41.8 Å². The number of halogens is 1. The van der Waals surface area contributed by atoms with E-state index in [1.54, 1.807) is 6.20 Å². The van der Waals surface area contributed by atoms with Crippen LogP contribution >= 0.6 is 11.3 Å². The van der Waals surface area contributed by atoms with Crippen molar-refractivity contribution in [3.63, 3.8) is 0 Å². The van der Waals surface area contributed by atoms with Gasteiger partial charge in [0.2, 0.25) is 5.91 Å². The molecule has 1 aliphatic rings. The van der Waals surface area contributed by atoms with Gasteiger partial charge in [-0.3, -0.25) is 9.69 Å². The van der Waals surface area contributed by atoms with Gasteiger partial charge in [0.05, 0.1) is 6.10 Å². The molecule has 0 saturated carbocycles. The average Bonchev–Trinajstić information content (AvgIpc) is 2.61. The minimum Gasteiger partial charge on any atom is -0.345 e. The Hall–Kier alpha value is -1.05. The lowest BCUT2D eigenvalue weighted by atomic mass is 10.1. The number of likely N-dealkylation sites (tertiary alicyclic amines) is 1. The number of carbonyl (C=O) groups excluding carboxylic acids is 1. The number of rotatable bonds is 5. The van der Waals surface area contributed by atoms with Crippen LogP contribution in [0.15, 0.2) is 6.20 Å². The van der Waals surface area contributed by atoms with Crippen LogP contribution in [-0.2, 0) is 16.1 Å². The maximum atomic E-state index is 11.9. The molecule has 17 heavy (non-hydrogen) atoms. The highest BCUT2D eigenvalue weighted by Crippen LogP contribution is 2.22. The first-order valence-electron chi connectivity index (χ1n) is 5.29. The number of alkyl halides is 1. The molecule has 0 atom stereocenters. The van der Waals surface area contributed by atoms with Gasteiger partial charge >= 0.3 is 0 Å². The van der Waals surface area contributed by atoms with Gasteiger partial charge in [-0.1, -0.05) is 0 Å². The van der Waals surface area contributed by atoms with Gasteiger partial charge in [0, 0.05) is 37.6 Å². The summed E-state index contributed by atoms with van der Waals surface area (Å²) < 4.78 is 16.7. The summed E-state index contributed by atoms with van der Waals surface area (Å²) in [7, 11) is 0. The summed E-state index contributed by atoms with van der Waals surface area (Å²) in [5, 5.41) is 3.25. The second-order valence-electron chi connectivity index (χ2n) is 3.90. The zero-order valence-electron chi connectivity index (χ0n) is 9.48. The lowest BCUT2D eigenvalue weighted by molar-refractivity contribution is -0.114. The molecule has 94 valence electrons. The topological polar surface area (TPSA) is 54.5 Å². The van der Waals surface area contributed by atoms with Crippen molar-refractivity contribution >= 4 is 22.4 Å². The normalized spacial score (nSPS) is 16.8. The summed E-state index contributed by atoms with van der Waals surface area (Å²) in [6.45, 7) is 3.00. The second-order valence-corrected chi connectivity index (χ2v) is 5.02. The quantitative estimate of drug-likeness (QED) is 0.864. The molecule has 2 heterocycles. The van der Waals surface area contributed by atoms with Crippen molar-refractivity contribution < 1.29 is 13.9 Å². The first-order valence-corrected chi connectivity index (χ1v) is 6.11. The minimum absolute atomic E-state index is 0.0164. The van der Waals surface area contributed by atoms with Crippen molar-refractivity contribution in [1.82, 2.24) is 9.88 Å². The predicted octanol–water partition coefficient (Wildman–Crippen LogP) is 1.23. The van der Waals surface area contributed by atoms with E-state index in [9.17, 15) is 9.18 Å². The number of aromatic nitrogens is 1. The van der Waals surface area contributed by atoms with Crippen molar-refractivity contribution in [2.75, 3.05) is 25.3 Å². The molecular weight excluding hydrogens is 245 g/mol. The third-order valence-electron chi connectivity index (χ3n) is 2.44. The number of thiazole rings is 1. The molecule has 1 aliphatic heterocycles. The molecular formula is C10H14FN3O2S. The molecule has 0 spiro atoms. The van der Waals surface area contributed by atoms with E-state index in [1.807, 2.05) is 0 Å². The van der Waals surface area contributed by atoms with Crippen LogP contribution < -0.4 is 5.32 Å². The van der Waals surface area contributed by atoms with Gasteiger partial charge in [-0.15, -0.1) is 11.3 Å². The molecule has 0 bridgehead atoms.